The Bertz CT molecular complexity index is 239. The molecule has 3 nitrogen and oxygen atoms in total. The molecule has 0 saturated heterocycles. The molecule has 3 atom stereocenters. The van der Waals surface area contributed by atoms with Gasteiger partial charge in [-0.2, -0.15) is 23.5 Å². The number of nitrogens with one attached hydrogen (secondary N) is 2. The molecule has 5 heteroatoms. The van der Waals surface area contributed by atoms with Gasteiger partial charge in [-0.1, -0.05) is 0 Å². The summed E-state index contributed by atoms with van der Waals surface area (Å²) in [5.74, 6) is 1.10. The largest absolute Gasteiger partial charge is 0.336 e. The van der Waals surface area contributed by atoms with E-state index in [0.29, 0.717) is 6.04 Å². The Hall–Kier alpha value is -0.0300. The van der Waals surface area contributed by atoms with Crippen LogP contribution in [0, 0.1) is 0 Å². The van der Waals surface area contributed by atoms with Crippen LogP contribution in [0.5, 0.6) is 0 Å². The van der Waals surface area contributed by atoms with Gasteiger partial charge in [-0.05, 0) is 50.9 Å². The van der Waals surface area contributed by atoms with Gasteiger partial charge < -0.3 is 10.6 Å². The molecule has 0 aromatic heterocycles. The average molecular weight is 276 g/mol. The molecule has 0 aromatic carbocycles. The van der Waals surface area contributed by atoms with Crippen LogP contribution in [0.1, 0.15) is 32.6 Å². The number of rotatable bonds is 6. The van der Waals surface area contributed by atoms with E-state index in [0.717, 1.165) is 30.3 Å². The van der Waals surface area contributed by atoms with Crippen molar-refractivity contribution in [2.75, 3.05) is 18.3 Å². The van der Waals surface area contributed by atoms with Crippen molar-refractivity contribution in [2.45, 2.75) is 49.9 Å². The van der Waals surface area contributed by atoms with Crippen LogP contribution >= 0.6 is 23.5 Å². The molecule has 0 aromatic rings. The highest BCUT2D eigenvalue weighted by Gasteiger charge is 2.25. The molecular weight excluding hydrogens is 252 g/mol. The Morgan fingerprint density at radius 1 is 1.41 bits per heavy atom. The minimum Gasteiger partial charge on any atom is -0.336 e. The summed E-state index contributed by atoms with van der Waals surface area (Å²) in [6.45, 7) is 2.06. The lowest BCUT2D eigenvalue weighted by atomic mass is 10.2. The summed E-state index contributed by atoms with van der Waals surface area (Å²) in [5.41, 5.74) is 0. The molecule has 1 fully saturated rings. The Morgan fingerprint density at radius 3 is 2.76 bits per heavy atom. The van der Waals surface area contributed by atoms with E-state index in [1.54, 1.807) is 0 Å². The fourth-order valence-corrected chi connectivity index (χ4v) is 3.49. The van der Waals surface area contributed by atoms with Crippen molar-refractivity contribution in [3.8, 4) is 0 Å². The van der Waals surface area contributed by atoms with Crippen molar-refractivity contribution in [2.24, 2.45) is 0 Å². The number of amides is 2. The average Bonchev–Trinajstić information content (AvgIpc) is 2.73. The molecule has 0 heterocycles. The molecule has 0 aliphatic heterocycles. The fourth-order valence-electron chi connectivity index (χ4n) is 2.10. The van der Waals surface area contributed by atoms with Gasteiger partial charge >= 0.3 is 6.03 Å². The zero-order valence-corrected chi connectivity index (χ0v) is 12.6. The van der Waals surface area contributed by atoms with Crippen LogP contribution in [-0.2, 0) is 0 Å². The van der Waals surface area contributed by atoms with Crippen LogP contribution in [0.3, 0.4) is 0 Å². The van der Waals surface area contributed by atoms with Crippen molar-refractivity contribution >= 4 is 29.6 Å². The van der Waals surface area contributed by atoms with Gasteiger partial charge in [0.15, 0.2) is 0 Å². The third kappa shape index (κ3) is 5.91. The summed E-state index contributed by atoms with van der Waals surface area (Å²) in [4.78, 5) is 11.7. The van der Waals surface area contributed by atoms with Gasteiger partial charge in [0, 0.05) is 17.3 Å². The number of hydrogen-bond acceptors (Lipinski definition) is 3. The quantitative estimate of drug-likeness (QED) is 0.784. The van der Waals surface area contributed by atoms with Crippen LogP contribution in [0.25, 0.3) is 0 Å². The summed E-state index contributed by atoms with van der Waals surface area (Å²) in [6.07, 6.45) is 8.75. The minimum absolute atomic E-state index is 0.00496. The molecule has 0 bridgehead atoms. The number of carbonyl (C=O) groups excluding carboxylic acids is 1. The molecule has 1 saturated carbocycles. The minimum atomic E-state index is 0.00496. The molecular formula is C12H24N2OS2. The van der Waals surface area contributed by atoms with Gasteiger partial charge in [0.05, 0.1) is 0 Å². The van der Waals surface area contributed by atoms with E-state index in [4.69, 9.17) is 0 Å². The molecule has 2 N–H and O–H groups in total. The number of hydrogen-bond donors (Lipinski definition) is 2. The SMILES string of the molecule is CSCCC(C)NC(=O)NC1CCC(SC)C1. The first-order valence-electron chi connectivity index (χ1n) is 6.24. The highest BCUT2D eigenvalue weighted by Crippen LogP contribution is 2.27. The first kappa shape index (κ1) is 15.0. The maximum Gasteiger partial charge on any atom is 0.315 e. The normalized spacial score (nSPS) is 25.6. The Balaban J connectivity index is 2.16. The first-order valence-corrected chi connectivity index (χ1v) is 8.92. The molecule has 1 aliphatic carbocycles. The topological polar surface area (TPSA) is 41.1 Å². The van der Waals surface area contributed by atoms with E-state index in [1.165, 1.54) is 6.42 Å². The van der Waals surface area contributed by atoms with Gasteiger partial charge in [-0.15, -0.1) is 0 Å². The Kier molecular flexibility index (Phi) is 7.19. The van der Waals surface area contributed by atoms with Crippen LogP contribution < -0.4 is 10.6 Å². The predicted molar refractivity (Wildman–Crippen MR) is 79.1 cm³/mol. The molecule has 17 heavy (non-hydrogen) atoms. The standard InChI is InChI=1S/C12H24N2OS2/c1-9(6-7-16-2)13-12(15)14-10-4-5-11(8-10)17-3/h9-11H,4-8H2,1-3H3,(H2,13,14,15). The second-order valence-corrected chi connectivity index (χ2v) is 6.79. The van der Waals surface area contributed by atoms with Crippen molar-refractivity contribution < 1.29 is 4.79 Å². The fraction of sp³-hybridized carbons (Fsp3) is 0.917. The van der Waals surface area contributed by atoms with Crippen molar-refractivity contribution in [3.63, 3.8) is 0 Å². The monoisotopic (exact) mass is 276 g/mol. The van der Waals surface area contributed by atoms with Crippen molar-refractivity contribution in [1.82, 2.24) is 10.6 Å². The summed E-state index contributed by atoms with van der Waals surface area (Å²) in [5, 5.41) is 6.82. The van der Waals surface area contributed by atoms with Crippen molar-refractivity contribution in [1.29, 1.82) is 0 Å². The summed E-state index contributed by atoms with van der Waals surface area (Å²) >= 11 is 3.73. The van der Waals surface area contributed by atoms with E-state index in [1.807, 2.05) is 23.5 Å². The van der Waals surface area contributed by atoms with E-state index < -0.39 is 0 Å². The van der Waals surface area contributed by atoms with Gasteiger partial charge in [-0.3, -0.25) is 0 Å². The Morgan fingerprint density at radius 2 is 2.18 bits per heavy atom. The second kappa shape index (κ2) is 8.14. The number of carbonyl (C=O) groups is 1. The van der Waals surface area contributed by atoms with E-state index >= 15 is 0 Å². The van der Waals surface area contributed by atoms with Gasteiger partial charge in [-0.25, -0.2) is 4.79 Å². The maximum absolute atomic E-state index is 11.7. The molecule has 3 unspecified atom stereocenters. The zero-order valence-electron chi connectivity index (χ0n) is 11.0. The molecule has 0 radical (unpaired) electrons. The first-order chi connectivity index (χ1) is 8.15. The zero-order chi connectivity index (χ0) is 12.7. The molecule has 100 valence electrons. The summed E-state index contributed by atoms with van der Waals surface area (Å²) < 4.78 is 0. The summed E-state index contributed by atoms with van der Waals surface area (Å²) in [7, 11) is 0. The van der Waals surface area contributed by atoms with Gasteiger partial charge in [0.2, 0.25) is 0 Å². The summed E-state index contributed by atoms with van der Waals surface area (Å²) in [6, 6.07) is 0.644. The molecule has 0 spiro atoms. The third-order valence-corrected chi connectivity index (χ3v) is 4.92. The third-order valence-electron chi connectivity index (χ3n) is 3.19. The predicted octanol–water partition coefficient (Wildman–Crippen LogP) is 2.71. The lowest BCUT2D eigenvalue weighted by Gasteiger charge is -2.17. The van der Waals surface area contributed by atoms with Crippen LogP contribution in [0.15, 0.2) is 0 Å². The van der Waals surface area contributed by atoms with Crippen molar-refractivity contribution in [3.05, 3.63) is 0 Å². The van der Waals surface area contributed by atoms with E-state index in [2.05, 4.69) is 30.1 Å². The van der Waals surface area contributed by atoms with Crippen LogP contribution in [0.4, 0.5) is 4.79 Å². The van der Waals surface area contributed by atoms with Gasteiger partial charge in [0.25, 0.3) is 0 Å². The van der Waals surface area contributed by atoms with E-state index in [9.17, 15) is 4.79 Å². The van der Waals surface area contributed by atoms with Crippen LogP contribution in [-0.4, -0.2) is 41.6 Å². The lowest BCUT2D eigenvalue weighted by molar-refractivity contribution is 0.234. The van der Waals surface area contributed by atoms with Gasteiger partial charge in [0.1, 0.15) is 0 Å². The highest BCUT2D eigenvalue weighted by atomic mass is 32.2. The Labute approximate surface area is 113 Å². The lowest BCUT2D eigenvalue weighted by Crippen LogP contribution is -2.44. The highest BCUT2D eigenvalue weighted by molar-refractivity contribution is 7.99. The number of urea groups is 1. The van der Waals surface area contributed by atoms with Crippen LogP contribution in [0.2, 0.25) is 0 Å². The second-order valence-electron chi connectivity index (χ2n) is 4.67. The maximum atomic E-state index is 11.7. The molecule has 1 rings (SSSR count). The molecule has 2 amide bonds. The van der Waals surface area contributed by atoms with E-state index in [-0.39, 0.29) is 12.1 Å². The molecule has 1 aliphatic rings. The number of thioether (sulfide) groups is 2. The smallest absolute Gasteiger partial charge is 0.315 e.